The molecule has 2 rings (SSSR count). The summed E-state index contributed by atoms with van der Waals surface area (Å²) in [6.45, 7) is 0.956. The van der Waals surface area contributed by atoms with E-state index in [-0.39, 0.29) is 11.6 Å². The molecule has 6 heteroatoms. The molecule has 0 aliphatic rings. The van der Waals surface area contributed by atoms with Gasteiger partial charge in [0.15, 0.2) is 17.5 Å². The number of aliphatic imine (C=N–C) groups is 1. The first kappa shape index (κ1) is 17.7. The van der Waals surface area contributed by atoms with E-state index in [2.05, 4.69) is 15.6 Å². The summed E-state index contributed by atoms with van der Waals surface area (Å²) >= 11 is 0. The standard InChI is InChI=1S/C18H21F2N3O/c1-21-18(22-10-9-14-5-3-4-6-15(14)19)23-12-13-7-8-17(24-2)16(20)11-13/h3-8,11H,9-10,12H2,1-2H3,(H2,21,22,23). The van der Waals surface area contributed by atoms with Crippen LogP contribution in [0.1, 0.15) is 11.1 Å². The highest BCUT2D eigenvalue weighted by Gasteiger charge is 2.05. The van der Waals surface area contributed by atoms with E-state index in [1.54, 1.807) is 31.3 Å². The van der Waals surface area contributed by atoms with Crippen molar-refractivity contribution in [2.75, 3.05) is 20.7 Å². The molecule has 0 saturated heterocycles. The predicted octanol–water partition coefficient (Wildman–Crippen LogP) is 2.88. The van der Waals surface area contributed by atoms with E-state index >= 15 is 0 Å². The summed E-state index contributed by atoms with van der Waals surface area (Å²) in [6, 6.07) is 11.5. The van der Waals surface area contributed by atoms with Gasteiger partial charge in [0, 0.05) is 20.1 Å². The van der Waals surface area contributed by atoms with E-state index in [9.17, 15) is 8.78 Å². The molecule has 4 nitrogen and oxygen atoms in total. The maximum Gasteiger partial charge on any atom is 0.191 e. The maximum atomic E-state index is 13.7. The minimum Gasteiger partial charge on any atom is -0.494 e. The summed E-state index contributed by atoms with van der Waals surface area (Å²) in [7, 11) is 3.07. The van der Waals surface area contributed by atoms with Crippen LogP contribution in [-0.4, -0.2) is 26.7 Å². The van der Waals surface area contributed by atoms with Crippen LogP contribution in [0.15, 0.2) is 47.5 Å². The molecule has 0 aromatic heterocycles. The Labute approximate surface area is 140 Å². The van der Waals surface area contributed by atoms with Gasteiger partial charge in [-0.05, 0) is 35.7 Å². The van der Waals surface area contributed by atoms with Gasteiger partial charge >= 0.3 is 0 Å². The third-order valence-electron chi connectivity index (χ3n) is 3.54. The van der Waals surface area contributed by atoms with E-state index in [0.29, 0.717) is 31.0 Å². The van der Waals surface area contributed by atoms with E-state index in [4.69, 9.17) is 4.74 Å². The number of nitrogens with zero attached hydrogens (tertiary/aromatic N) is 1. The van der Waals surface area contributed by atoms with Crippen molar-refractivity contribution in [1.82, 2.24) is 10.6 Å². The van der Waals surface area contributed by atoms with Crippen molar-refractivity contribution in [2.45, 2.75) is 13.0 Å². The van der Waals surface area contributed by atoms with Gasteiger partial charge in [-0.3, -0.25) is 4.99 Å². The molecule has 0 saturated carbocycles. The van der Waals surface area contributed by atoms with Crippen LogP contribution in [0.4, 0.5) is 8.78 Å². The topological polar surface area (TPSA) is 45.7 Å². The number of guanidine groups is 1. The second-order valence-electron chi connectivity index (χ2n) is 5.16. The Hall–Kier alpha value is -2.63. The van der Waals surface area contributed by atoms with Gasteiger partial charge in [-0.1, -0.05) is 24.3 Å². The van der Waals surface area contributed by atoms with Gasteiger partial charge in [-0.2, -0.15) is 0 Å². The number of halogens is 2. The lowest BCUT2D eigenvalue weighted by molar-refractivity contribution is 0.386. The van der Waals surface area contributed by atoms with Crippen LogP contribution in [0.3, 0.4) is 0 Å². The molecule has 0 radical (unpaired) electrons. The normalized spacial score (nSPS) is 11.2. The third-order valence-corrected chi connectivity index (χ3v) is 3.54. The number of hydrogen-bond donors (Lipinski definition) is 2. The van der Waals surface area contributed by atoms with E-state index in [1.165, 1.54) is 19.2 Å². The predicted molar refractivity (Wildman–Crippen MR) is 91.3 cm³/mol. The van der Waals surface area contributed by atoms with Crippen molar-refractivity contribution in [1.29, 1.82) is 0 Å². The summed E-state index contributed by atoms with van der Waals surface area (Å²) in [5.41, 5.74) is 1.42. The molecule has 0 amide bonds. The summed E-state index contributed by atoms with van der Waals surface area (Å²) in [5, 5.41) is 6.20. The summed E-state index contributed by atoms with van der Waals surface area (Å²) in [5.74, 6) is 0.170. The quantitative estimate of drug-likeness (QED) is 0.631. The van der Waals surface area contributed by atoms with Gasteiger partial charge in [0.1, 0.15) is 5.82 Å². The molecule has 128 valence electrons. The highest BCUT2D eigenvalue weighted by Crippen LogP contribution is 2.17. The van der Waals surface area contributed by atoms with Crippen LogP contribution >= 0.6 is 0 Å². The van der Waals surface area contributed by atoms with Crippen molar-refractivity contribution in [2.24, 2.45) is 4.99 Å². The van der Waals surface area contributed by atoms with Crippen LogP contribution in [-0.2, 0) is 13.0 Å². The van der Waals surface area contributed by atoms with Crippen LogP contribution < -0.4 is 15.4 Å². The van der Waals surface area contributed by atoms with Crippen LogP contribution in [0.5, 0.6) is 5.75 Å². The van der Waals surface area contributed by atoms with Crippen molar-refractivity contribution in [3.63, 3.8) is 0 Å². The third kappa shape index (κ3) is 4.94. The molecule has 0 heterocycles. The lowest BCUT2D eigenvalue weighted by atomic mass is 10.1. The van der Waals surface area contributed by atoms with Gasteiger partial charge in [0.2, 0.25) is 0 Å². The number of nitrogens with one attached hydrogen (secondary N) is 2. The van der Waals surface area contributed by atoms with E-state index in [1.807, 2.05) is 6.07 Å². The second-order valence-corrected chi connectivity index (χ2v) is 5.16. The van der Waals surface area contributed by atoms with Crippen molar-refractivity contribution >= 4 is 5.96 Å². The van der Waals surface area contributed by atoms with Crippen molar-refractivity contribution < 1.29 is 13.5 Å². The Morgan fingerprint density at radius 2 is 1.88 bits per heavy atom. The van der Waals surface area contributed by atoms with Crippen LogP contribution in [0, 0.1) is 11.6 Å². The fourth-order valence-electron chi connectivity index (χ4n) is 2.24. The molecule has 0 aliphatic heterocycles. The first-order chi connectivity index (χ1) is 11.6. The zero-order chi connectivity index (χ0) is 17.4. The van der Waals surface area contributed by atoms with E-state index in [0.717, 1.165) is 5.56 Å². The van der Waals surface area contributed by atoms with Gasteiger partial charge < -0.3 is 15.4 Å². The maximum absolute atomic E-state index is 13.7. The Morgan fingerprint density at radius 1 is 1.08 bits per heavy atom. The Morgan fingerprint density at radius 3 is 2.54 bits per heavy atom. The molecular formula is C18H21F2N3O. The molecule has 0 unspecified atom stereocenters. The highest BCUT2D eigenvalue weighted by molar-refractivity contribution is 5.79. The molecule has 0 fully saturated rings. The fourth-order valence-corrected chi connectivity index (χ4v) is 2.24. The monoisotopic (exact) mass is 333 g/mol. The number of hydrogen-bond acceptors (Lipinski definition) is 2. The molecule has 0 atom stereocenters. The number of methoxy groups -OCH3 is 1. The summed E-state index contributed by atoms with van der Waals surface area (Å²) in [6.07, 6.45) is 0.546. The first-order valence-electron chi connectivity index (χ1n) is 7.64. The molecule has 2 N–H and O–H groups in total. The number of rotatable bonds is 6. The van der Waals surface area contributed by atoms with E-state index < -0.39 is 5.82 Å². The number of benzene rings is 2. The molecule has 2 aromatic carbocycles. The Kier molecular flexibility index (Phi) is 6.54. The van der Waals surface area contributed by atoms with Gasteiger partial charge in [-0.15, -0.1) is 0 Å². The average molecular weight is 333 g/mol. The minimum atomic E-state index is -0.403. The first-order valence-corrected chi connectivity index (χ1v) is 7.64. The molecular weight excluding hydrogens is 312 g/mol. The fraction of sp³-hybridized carbons (Fsp3) is 0.278. The smallest absolute Gasteiger partial charge is 0.191 e. The lowest BCUT2D eigenvalue weighted by Gasteiger charge is -2.12. The molecule has 0 aliphatic carbocycles. The van der Waals surface area contributed by atoms with Gasteiger partial charge in [-0.25, -0.2) is 8.78 Å². The molecule has 2 aromatic rings. The largest absolute Gasteiger partial charge is 0.494 e. The van der Waals surface area contributed by atoms with Crippen molar-refractivity contribution in [3.8, 4) is 5.75 Å². The minimum absolute atomic E-state index is 0.212. The summed E-state index contributed by atoms with van der Waals surface area (Å²) in [4.78, 5) is 4.10. The van der Waals surface area contributed by atoms with Gasteiger partial charge in [0.05, 0.1) is 7.11 Å². The zero-order valence-corrected chi connectivity index (χ0v) is 13.8. The van der Waals surface area contributed by atoms with Crippen LogP contribution in [0.25, 0.3) is 0 Å². The zero-order valence-electron chi connectivity index (χ0n) is 13.8. The second kappa shape index (κ2) is 8.86. The average Bonchev–Trinajstić information content (AvgIpc) is 2.59. The highest BCUT2D eigenvalue weighted by atomic mass is 19.1. The molecule has 0 bridgehead atoms. The van der Waals surface area contributed by atoms with Gasteiger partial charge in [0.25, 0.3) is 0 Å². The van der Waals surface area contributed by atoms with Crippen molar-refractivity contribution in [3.05, 3.63) is 65.2 Å². The lowest BCUT2D eigenvalue weighted by Crippen LogP contribution is -2.37. The number of ether oxygens (including phenoxy) is 1. The summed E-state index contributed by atoms with van der Waals surface area (Å²) < 4.78 is 32.1. The molecule has 0 spiro atoms. The van der Waals surface area contributed by atoms with Crippen LogP contribution in [0.2, 0.25) is 0 Å². The molecule has 24 heavy (non-hydrogen) atoms. The SMILES string of the molecule is CN=C(NCCc1ccccc1F)NCc1ccc(OC)c(F)c1. The Bertz CT molecular complexity index is 704. The Balaban J connectivity index is 1.82.